The number of anilines is 2. The third-order valence-electron chi connectivity index (χ3n) is 5.44. The summed E-state index contributed by atoms with van der Waals surface area (Å²) in [6.45, 7) is 0.322. The molecule has 0 fully saturated rings. The van der Waals surface area contributed by atoms with Crippen LogP contribution in [0.2, 0.25) is 0 Å². The normalized spacial score (nSPS) is 11.2. The van der Waals surface area contributed by atoms with E-state index in [2.05, 4.69) is 5.32 Å². The molecular formula is C28H21F5N2O2. The minimum absolute atomic E-state index is 0.0427. The number of hydrogen-bond acceptors (Lipinski definition) is 2. The molecular weight excluding hydrogens is 491 g/mol. The molecule has 2 amide bonds. The molecule has 0 radical (unpaired) electrons. The maximum Gasteiger partial charge on any atom is 0.416 e. The van der Waals surface area contributed by atoms with Crippen molar-refractivity contribution in [3.05, 3.63) is 125 Å². The molecule has 9 heteroatoms. The fourth-order valence-corrected chi connectivity index (χ4v) is 3.50. The molecule has 0 unspecified atom stereocenters. The van der Waals surface area contributed by atoms with Crippen LogP contribution in [0.25, 0.3) is 0 Å². The van der Waals surface area contributed by atoms with Crippen molar-refractivity contribution in [2.24, 2.45) is 0 Å². The van der Waals surface area contributed by atoms with Gasteiger partial charge in [-0.05, 0) is 59.7 Å². The first-order valence-corrected chi connectivity index (χ1v) is 11.2. The number of hydrogen-bond donors (Lipinski definition) is 1. The van der Waals surface area contributed by atoms with Crippen molar-refractivity contribution >= 4 is 17.4 Å². The van der Waals surface area contributed by atoms with Gasteiger partial charge in [-0.3, -0.25) is 4.90 Å². The van der Waals surface area contributed by atoms with Crippen LogP contribution < -0.4 is 15.0 Å². The summed E-state index contributed by atoms with van der Waals surface area (Å²) in [6.07, 6.45) is -4.54. The van der Waals surface area contributed by atoms with Crippen molar-refractivity contribution < 1.29 is 31.5 Å². The van der Waals surface area contributed by atoms with Gasteiger partial charge in [-0.15, -0.1) is 0 Å². The smallest absolute Gasteiger partial charge is 0.416 e. The lowest BCUT2D eigenvalue weighted by Crippen LogP contribution is -2.34. The van der Waals surface area contributed by atoms with E-state index in [9.17, 15) is 26.7 Å². The second-order valence-electron chi connectivity index (χ2n) is 8.10. The van der Waals surface area contributed by atoms with Crippen molar-refractivity contribution in [3.63, 3.8) is 0 Å². The van der Waals surface area contributed by atoms with Crippen molar-refractivity contribution in [1.82, 2.24) is 0 Å². The number of nitrogens with zero attached hydrogens (tertiary/aromatic N) is 1. The van der Waals surface area contributed by atoms with E-state index in [1.807, 2.05) is 30.3 Å². The molecule has 1 N–H and O–H groups in total. The van der Waals surface area contributed by atoms with Gasteiger partial charge in [-0.25, -0.2) is 13.6 Å². The average molecular weight is 512 g/mol. The van der Waals surface area contributed by atoms with E-state index in [1.165, 1.54) is 0 Å². The minimum atomic E-state index is -4.54. The predicted molar refractivity (Wildman–Crippen MR) is 130 cm³/mol. The van der Waals surface area contributed by atoms with Crippen LogP contribution in [-0.4, -0.2) is 6.03 Å². The highest BCUT2D eigenvalue weighted by Crippen LogP contribution is 2.31. The number of rotatable bonds is 7. The van der Waals surface area contributed by atoms with E-state index in [0.717, 1.165) is 46.9 Å². The van der Waals surface area contributed by atoms with Crippen LogP contribution in [0.1, 0.15) is 16.7 Å². The Morgan fingerprint density at radius 2 is 1.49 bits per heavy atom. The Hall–Kier alpha value is -4.40. The molecule has 4 nitrogen and oxygen atoms in total. The van der Waals surface area contributed by atoms with Crippen molar-refractivity contribution in [2.75, 3.05) is 10.2 Å². The molecule has 4 aromatic carbocycles. The number of nitrogens with one attached hydrogen (secondary N) is 1. The van der Waals surface area contributed by atoms with Crippen LogP contribution in [0.4, 0.5) is 38.1 Å². The predicted octanol–water partition coefficient (Wildman–Crippen LogP) is 7.80. The molecule has 0 aliphatic rings. The van der Waals surface area contributed by atoms with Crippen LogP contribution in [0.15, 0.2) is 97.1 Å². The summed E-state index contributed by atoms with van der Waals surface area (Å²) in [6, 6.07) is 22.3. The average Bonchev–Trinajstić information content (AvgIpc) is 2.88. The monoisotopic (exact) mass is 512 g/mol. The zero-order valence-corrected chi connectivity index (χ0v) is 19.3. The molecule has 4 rings (SSSR count). The molecule has 0 spiro atoms. The zero-order chi connectivity index (χ0) is 26.4. The lowest BCUT2D eigenvalue weighted by molar-refractivity contribution is -0.137. The number of carbonyl (C=O) groups excluding carboxylic acids is 1. The zero-order valence-electron chi connectivity index (χ0n) is 19.3. The highest BCUT2D eigenvalue weighted by atomic mass is 19.4. The Labute approximate surface area is 209 Å². The Morgan fingerprint density at radius 1 is 0.811 bits per heavy atom. The van der Waals surface area contributed by atoms with Crippen LogP contribution in [0.3, 0.4) is 0 Å². The van der Waals surface area contributed by atoms with E-state index >= 15 is 0 Å². The fraction of sp³-hybridized carbons (Fsp3) is 0.107. The molecule has 0 saturated carbocycles. The third kappa shape index (κ3) is 6.84. The van der Waals surface area contributed by atoms with E-state index in [4.69, 9.17) is 4.74 Å². The largest absolute Gasteiger partial charge is 0.489 e. The van der Waals surface area contributed by atoms with Gasteiger partial charge in [0.1, 0.15) is 24.0 Å². The van der Waals surface area contributed by atoms with Crippen molar-refractivity contribution in [1.29, 1.82) is 0 Å². The molecule has 0 heterocycles. The summed E-state index contributed by atoms with van der Waals surface area (Å²) in [5.41, 5.74) is 0.637. The third-order valence-corrected chi connectivity index (χ3v) is 5.44. The quantitative estimate of drug-likeness (QED) is 0.257. The van der Waals surface area contributed by atoms with Crippen LogP contribution in [-0.2, 0) is 19.3 Å². The van der Waals surface area contributed by atoms with Crippen LogP contribution >= 0.6 is 0 Å². The number of alkyl halides is 3. The van der Waals surface area contributed by atoms with Gasteiger partial charge in [0.2, 0.25) is 0 Å². The summed E-state index contributed by atoms with van der Waals surface area (Å²) < 4.78 is 72.2. The maximum atomic E-state index is 14.1. The van der Waals surface area contributed by atoms with Gasteiger partial charge >= 0.3 is 12.2 Å². The molecule has 0 aliphatic carbocycles. The van der Waals surface area contributed by atoms with Gasteiger partial charge < -0.3 is 10.1 Å². The number of urea groups is 1. The summed E-state index contributed by atoms with van der Waals surface area (Å²) in [7, 11) is 0. The van der Waals surface area contributed by atoms with E-state index in [0.29, 0.717) is 24.0 Å². The highest BCUT2D eigenvalue weighted by molar-refractivity contribution is 6.01. The Kier molecular flexibility index (Phi) is 7.71. The molecule has 0 aliphatic heterocycles. The van der Waals surface area contributed by atoms with Gasteiger partial charge in [0.25, 0.3) is 0 Å². The summed E-state index contributed by atoms with van der Waals surface area (Å²) in [5.74, 6) is -1.21. The number of ether oxygens (including phenoxy) is 1. The standard InChI is InChI=1S/C28H21F5N2O2/c29-22-10-15-26(25(30)16-22)34-27(36)35(23-11-8-21(9-12-23)28(31,32)33)17-19-6-13-24(14-7-19)37-18-20-4-2-1-3-5-20/h1-16H,17-18H2,(H,34,36). The van der Waals surface area contributed by atoms with E-state index in [-0.39, 0.29) is 17.9 Å². The number of carbonyl (C=O) groups is 1. The lowest BCUT2D eigenvalue weighted by Gasteiger charge is -2.24. The highest BCUT2D eigenvalue weighted by Gasteiger charge is 2.30. The van der Waals surface area contributed by atoms with Crippen molar-refractivity contribution in [3.8, 4) is 5.75 Å². The Balaban J connectivity index is 1.54. The molecule has 0 saturated heterocycles. The minimum Gasteiger partial charge on any atom is -0.489 e. The first-order valence-electron chi connectivity index (χ1n) is 11.2. The molecule has 0 aromatic heterocycles. The van der Waals surface area contributed by atoms with Gasteiger partial charge in [-0.2, -0.15) is 13.2 Å². The molecule has 0 bridgehead atoms. The van der Waals surface area contributed by atoms with Crippen molar-refractivity contribution in [2.45, 2.75) is 19.3 Å². The fourth-order valence-electron chi connectivity index (χ4n) is 3.50. The first-order chi connectivity index (χ1) is 17.7. The van der Waals surface area contributed by atoms with Gasteiger partial charge in [0.05, 0.1) is 17.8 Å². The molecule has 0 atom stereocenters. The molecule has 37 heavy (non-hydrogen) atoms. The molecule has 4 aromatic rings. The van der Waals surface area contributed by atoms with E-state index in [1.54, 1.807) is 24.3 Å². The Bertz CT molecular complexity index is 1340. The summed E-state index contributed by atoms with van der Waals surface area (Å²) in [5, 5.41) is 2.35. The van der Waals surface area contributed by atoms with E-state index < -0.39 is 29.4 Å². The van der Waals surface area contributed by atoms with Crippen LogP contribution in [0.5, 0.6) is 5.75 Å². The number of amides is 2. The van der Waals surface area contributed by atoms with Gasteiger partial charge in [-0.1, -0.05) is 42.5 Å². The number of benzene rings is 4. The SMILES string of the molecule is O=C(Nc1ccc(F)cc1F)N(Cc1ccc(OCc2ccccc2)cc1)c1ccc(C(F)(F)F)cc1. The second-order valence-corrected chi connectivity index (χ2v) is 8.10. The lowest BCUT2D eigenvalue weighted by atomic mass is 10.1. The summed E-state index contributed by atoms with van der Waals surface area (Å²) >= 11 is 0. The van der Waals surface area contributed by atoms with Crippen LogP contribution in [0, 0.1) is 11.6 Å². The summed E-state index contributed by atoms with van der Waals surface area (Å²) in [4.78, 5) is 14.2. The first kappa shape index (κ1) is 25.7. The second kappa shape index (κ2) is 11.1. The maximum absolute atomic E-state index is 14.1. The topological polar surface area (TPSA) is 41.6 Å². The number of halogens is 5. The Morgan fingerprint density at radius 3 is 2.11 bits per heavy atom. The van der Waals surface area contributed by atoms with Gasteiger partial charge in [0.15, 0.2) is 0 Å². The molecule has 190 valence electrons. The van der Waals surface area contributed by atoms with Gasteiger partial charge in [0, 0.05) is 11.8 Å².